The van der Waals surface area contributed by atoms with E-state index in [0.29, 0.717) is 11.7 Å². The normalized spacial score (nSPS) is 10.8. The number of nitrogen functional groups attached to an aromatic ring is 1. The molecule has 0 fully saturated rings. The molecule has 0 saturated carbocycles. The van der Waals surface area contributed by atoms with Crippen LogP contribution in [-0.2, 0) is 0 Å². The van der Waals surface area contributed by atoms with E-state index in [4.69, 9.17) is 14.7 Å². The van der Waals surface area contributed by atoms with Gasteiger partial charge >= 0.3 is 0 Å². The van der Waals surface area contributed by atoms with Crippen LogP contribution in [0.5, 0.6) is 0 Å². The van der Waals surface area contributed by atoms with Crippen LogP contribution < -0.4 is 10.6 Å². The average molecular weight is 336 g/mol. The zero-order valence-electron chi connectivity index (χ0n) is 13.1. The molecule has 0 atom stereocenters. The lowest BCUT2D eigenvalue weighted by Gasteiger charge is -2.17. The van der Waals surface area contributed by atoms with Gasteiger partial charge in [0.1, 0.15) is 0 Å². The van der Waals surface area contributed by atoms with Crippen molar-refractivity contribution in [1.29, 1.82) is 0 Å². The Morgan fingerprint density at radius 3 is 2.60 bits per heavy atom. The Morgan fingerprint density at radius 1 is 1.00 bits per heavy atom. The monoisotopic (exact) mass is 336 g/mol. The molecule has 10 nitrogen and oxygen atoms in total. The number of oxazole rings is 1. The summed E-state index contributed by atoms with van der Waals surface area (Å²) in [7, 11) is 1.82. The predicted octanol–water partition coefficient (Wildman–Crippen LogP) is 1.93. The van der Waals surface area contributed by atoms with Crippen LogP contribution in [0.25, 0.3) is 23.3 Å². The van der Waals surface area contributed by atoms with Crippen molar-refractivity contribution in [3.63, 3.8) is 0 Å². The highest BCUT2D eigenvalue weighted by molar-refractivity contribution is 5.59. The van der Waals surface area contributed by atoms with Gasteiger partial charge in [-0.15, -0.1) is 0 Å². The third kappa shape index (κ3) is 2.87. The Hall–Kier alpha value is -3.82. The summed E-state index contributed by atoms with van der Waals surface area (Å²) in [5.41, 5.74) is 6.71. The Balaban J connectivity index is 1.71. The lowest BCUT2D eigenvalue weighted by atomic mass is 10.3. The number of benzene rings is 1. The molecule has 0 unspecified atom stereocenters. The van der Waals surface area contributed by atoms with E-state index in [1.807, 2.05) is 37.4 Å². The van der Waals surface area contributed by atoms with Gasteiger partial charge < -0.3 is 19.6 Å². The van der Waals surface area contributed by atoms with Crippen molar-refractivity contribution >= 4 is 17.6 Å². The van der Waals surface area contributed by atoms with E-state index in [1.165, 1.54) is 12.6 Å². The minimum absolute atomic E-state index is 0.0498. The molecule has 2 N–H and O–H groups in total. The fraction of sp³-hybridized carbons (Fsp3) is 0.0667. The first-order valence-corrected chi connectivity index (χ1v) is 7.24. The molecule has 10 heteroatoms. The van der Waals surface area contributed by atoms with Crippen molar-refractivity contribution in [2.75, 3.05) is 17.7 Å². The van der Waals surface area contributed by atoms with Crippen molar-refractivity contribution in [2.24, 2.45) is 0 Å². The number of nitrogens with two attached hydrogens (primary N) is 1. The van der Waals surface area contributed by atoms with E-state index in [2.05, 4.69) is 30.1 Å². The Labute approximate surface area is 141 Å². The first-order valence-electron chi connectivity index (χ1n) is 7.24. The Morgan fingerprint density at radius 2 is 1.84 bits per heavy atom. The summed E-state index contributed by atoms with van der Waals surface area (Å²) in [5, 5.41) is 3.86. The van der Waals surface area contributed by atoms with Gasteiger partial charge in [0.25, 0.3) is 5.89 Å². The van der Waals surface area contributed by atoms with Gasteiger partial charge in [0, 0.05) is 12.7 Å². The van der Waals surface area contributed by atoms with Crippen molar-refractivity contribution in [3.8, 4) is 23.3 Å². The second-order valence-electron chi connectivity index (χ2n) is 5.00. The second kappa shape index (κ2) is 6.00. The quantitative estimate of drug-likeness (QED) is 0.589. The number of nitrogens with zero attached hydrogens (tertiary/aromatic N) is 7. The topological polar surface area (TPSA) is 133 Å². The standard InChI is InChI=1S/C15H12N8O2/c1-23(9-5-3-2-4-6-9)15-20-11(19-14(16)21-15)12-18-13(25-22-12)10-7-17-8-24-10/h2-8H,1H3,(H2,16,19,20,21). The fourth-order valence-corrected chi connectivity index (χ4v) is 2.13. The van der Waals surface area contributed by atoms with Gasteiger partial charge in [0.15, 0.2) is 6.39 Å². The van der Waals surface area contributed by atoms with Crippen LogP contribution in [0.3, 0.4) is 0 Å². The summed E-state index contributed by atoms with van der Waals surface area (Å²) in [6, 6.07) is 9.61. The van der Waals surface area contributed by atoms with E-state index >= 15 is 0 Å². The maximum Gasteiger partial charge on any atom is 0.295 e. The molecular weight excluding hydrogens is 324 g/mol. The largest absolute Gasteiger partial charge is 0.438 e. The lowest BCUT2D eigenvalue weighted by molar-refractivity contribution is 0.416. The smallest absolute Gasteiger partial charge is 0.295 e. The summed E-state index contributed by atoms with van der Waals surface area (Å²) in [5.74, 6) is 1.29. The molecule has 25 heavy (non-hydrogen) atoms. The summed E-state index contributed by atoms with van der Waals surface area (Å²) >= 11 is 0. The zero-order valence-corrected chi connectivity index (χ0v) is 13.1. The average Bonchev–Trinajstić information content (AvgIpc) is 3.32. The third-order valence-electron chi connectivity index (χ3n) is 3.35. The molecule has 0 amide bonds. The number of hydrogen-bond acceptors (Lipinski definition) is 10. The van der Waals surface area contributed by atoms with Crippen LogP contribution in [0, 0.1) is 0 Å². The van der Waals surface area contributed by atoms with E-state index in [0.717, 1.165) is 5.69 Å². The molecule has 0 bridgehead atoms. The predicted molar refractivity (Wildman–Crippen MR) is 87.5 cm³/mol. The highest BCUT2D eigenvalue weighted by atomic mass is 16.5. The van der Waals surface area contributed by atoms with Gasteiger partial charge in [-0.3, -0.25) is 0 Å². The van der Waals surface area contributed by atoms with Gasteiger partial charge in [-0.2, -0.15) is 19.9 Å². The number of rotatable bonds is 4. The van der Waals surface area contributed by atoms with Gasteiger partial charge in [-0.05, 0) is 12.1 Å². The summed E-state index contributed by atoms with van der Waals surface area (Å²) in [6.45, 7) is 0. The first-order chi connectivity index (χ1) is 12.2. The Bertz CT molecular complexity index is 984. The molecule has 3 aromatic heterocycles. The molecule has 124 valence electrons. The summed E-state index contributed by atoms with van der Waals surface area (Å²) < 4.78 is 10.3. The first kappa shape index (κ1) is 14.8. The highest BCUT2D eigenvalue weighted by Crippen LogP contribution is 2.24. The lowest BCUT2D eigenvalue weighted by Crippen LogP contribution is -2.15. The summed E-state index contributed by atoms with van der Waals surface area (Å²) in [4.78, 5) is 22.4. The van der Waals surface area contributed by atoms with Crippen molar-refractivity contribution in [2.45, 2.75) is 0 Å². The van der Waals surface area contributed by atoms with E-state index < -0.39 is 0 Å². The molecule has 0 aliphatic carbocycles. The van der Waals surface area contributed by atoms with Gasteiger partial charge in [0.2, 0.25) is 29.3 Å². The number of aromatic nitrogens is 6. The van der Waals surface area contributed by atoms with Crippen molar-refractivity contribution in [1.82, 2.24) is 30.1 Å². The second-order valence-corrected chi connectivity index (χ2v) is 5.00. The van der Waals surface area contributed by atoms with Gasteiger partial charge in [0.05, 0.1) is 6.20 Å². The maximum absolute atomic E-state index is 5.81. The minimum Gasteiger partial charge on any atom is -0.438 e. The van der Waals surface area contributed by atoms with Crippen LogP contribution in [0.1, 0.15) is 0 Å². The van der Waals surface area contributed by atoms with Crippen LogP contribution in [0.4, 0.5) is 17.6 Å². The van der Waals surface area contributed by atoms with Crippen molar-refractivity contribution in [3.05, 3.63) is 42.9 Å². The van der Waals surface area contributed by atoms with Gasteiger partial charge in [-0.25, -0.2) is 4.98 Å². The van der Waals surface area contributed by atoms with Crippen LogP contribution in [0.15, 0.2) is 51.9 Å². The molecule has 0 spiro atoms. The zero-order chi connectivity index (χ0) is 17.2. The molecule has 1 aromatic carbocycles. The molecule has 4 rings (SSSR count). The highest BCUT2D eigenvalue weighted by Gasteiger charge is 2.18. The summed E-state index contributed by atoms with van der Waals surface area (Å²) in [6.07, 6.45) is 2.74. The molecule has 0 aliphatic rings. The van der Waals surface area contributed by atoms with Crippen LogP contribution in [-0.4, -0.2) is 37.1 Å². The Kier molecular flexibility index (Phi) is 3.54. The number of hydrogen-bond donors (Lipinski definition) is 1. The SMILES string of the molecule is CN(c1ccccc1)c1nc(N)nc(-c2noc(-c3cnco3)n2)n1. The maximum atomic E-state index is 5.81. The van der Waals surface area contributed by atoms with E-state index in [-0.39, 0.29) is 23.5 Å². The third-order valence-corrected chi connectivity index (χ3v) is 3.35. The van der Waals surface area contributed by atoms with Gasteiger partial charge in [-0.1, -0.05) is 23.4 Å². The van der Waals surface area contributed by atoms with Crippen molar-refractivity contribution < 1.29 is 8.94 Å². The number of anilines is 3. The van der Waals surface area contributed by atoms with Crippen LogP contribution in [0.2, 0.25) is 0 Å². The fourth-order valence-electron chi connectivity index (χ4n) is 2.13. The van der Waals surface area contributed by atoms with E-state index in [9.17, 15) is 0 Å². The molecule has 3 heterocycles. The van der Waals surface area contributed by atoms with Crippen LogP contribution >= 0.6 is 0 Å². The van der Waals surface area contributed by atoms with E-state index in [1.54, 1.807) is 4.90 Å². The molecule has 0 saturated heterocycles. The molecule has 4 aromatic rings. The number of para-hydroxylation sites is 1. The molecule has 0 aliphatic heterocycles. The minimum atomic E-state index is 0.0498. The molecular formula is C15H12N8O2. The molecule has 0 radical (unpaired) electrons.